The van der Waals surface area contributed by atoms with Crippen molar-refractivity contribution in [3.63, 3.8) is 0 Å². The molecule has 2 heterocycles. The lowest BCUT2D eigenvalue weighted by molar-refractivity contribution is -0.159. The Morgan fingerprint density at radius 1 is 1.28 bits per heavy atom. The molecule has 2 aliphatic rings. The van der Waals surface area contributed by atoms with Gasteiger partial charge in [0.1, 0.15) is 5.60 Å². The average Bonchev–Trinajstić information content (AvgIpc) is 2.65. The van der Waals surface area contributed by atoms with Gasteiger partial charge in [-0.25, -0.2) is 0 Å². The summed E-state index contributed by atoms with van der Waals surface area (Å²) in [5.74, 6) is 0.599. The Bertz CT molecular complexity index is 585. The van der Waals surface area contributed by atoms with Crippen LogP contribution in [0.15, 0.2) is 24.3 Å². The average molecular weight is 347 g/mol. The van der Waals surface area contributed by atoms with Gasteiger partial charge >= 0.3 is 0 Å². The standard InChI is InChI=1S/C20H29NO4/c1-16-4-2-3-5-18(16)13-20(15-22)14-21(8-11-25-20)19(23)12-17-6-9-24-10-7-17/h2-5,17,22H,6-15H2,1H3. The number of morpholine rings is 1. The van der Waals surface area contributed by atoms with Crippen molar-refractivity contribution in [2.75, 3.05) is 39.5 Å². The number of ether oxygens (including phenoxy) is 2. The van der Waals surface area contributed by atoms with Crippen molar-refractivity contribution < 1.29 is 19.4 Å². The zero-order chi connectivity index (χ0) is 17.7. The first-order valence-corrected chi connectivity index (χ1v) is 9.27. The summed E-state index contributed by atoms with van der Waals surface area (Å²) < 4.78 is 11.4. The predicted octanol–water partition coefficient (Wildman–Crippen LogP) is 1.94. The summed E-state index contributed by atoms with van der Waals surface area (Å²) in [6.07, 6.45) is 3.13. The summed E-state index contributed by atoms with van der Waals surface area (Å²) in [7, 11) is 0. The monoisotopic (exact) mass is 347 g/mol. The molecule has 1 N–H and O–H groups in total. The van der Waals surface area contributed by atoms with Gasteiger partial charge in [0.25, 0.3) is 0 Å². The number of aliphatic hydroxyl groups excluding tert-OH is 1. The van der Waals surface area contributed by atoms with E-state index in [9.17, 15) is 9.90 Å². The van der Waals surface area contributed by atoms with Gasteiger partial charge in [-0.3, -0.25) is 4.79 Å². The number of hydrogen-bond donors (Lipinski definition) is 1. The smallest absolute Gasteiger partial charge is 0.223 e. The third-order valence-corrected chi connectivity index (χ3v) is 5.47. The van der Waals surface area contributed by atoms with Gasteiger partial charge in [-0.1, -0.05) is 24.3 Å². The first-order chi connectivity index (χ1) is 12.1. The van der Waals surface area contributed by atoms with Gasteiger partial charge in [0, 0.05) is 32.6 Å². The van der Waals surface area contributed by atoms with Crippen LogP contribution in [0.2, 0.25) is 0 Å². The predicted molar refractivity (Wildman–Crippen MR) is 95.4 cm³/mol. The molecule has 1 aromatic carbocycles. The molecule has 1 amide bonds. The molecule has 0 radical (unpaired) electrons. The van der Waals surface area contributed by atoms with Gasteiger partial charge in [-0.05, 0) is 36.8 Å². The van der Waals surface area contributed by atoms with E-state index < -0.39 is 5.60 Å². The topological polar surface area (TPSA) is 59.0 Å². The lowest BCUT2D eigenvalue weighted by Gasteiger charge is -2.42. The highest BCUT2D eigenvalue weighted by Crippen LogP contribution is 2.26. The Labute approximate surface area is 149 Å². The second-order valence-electron chi connectivity index (χ2n) is 7.37. The molecule has 2 saturated heterocycles. The van der Waals surface area contributed by atoms with Crippen molar-refractivity contribution in [1.82, 2.24) is 4.90 Å². The highest BCUT2D eigenvalue weighted by Gasteiger charge is 2.38. The Morgan fingerprint density at radius 2 is 2.04 bits per heavy atom. The number of carbonyl (C=O) groups excluding carboxylic acids is 1. The zero-order valence-corrected chi connectivity index (χ0v) is 15.1. The van der Waals surface area contributed by atoms with Crippen LogP contribution >= 0.6 is 0 Å². The van der Waals surface area contributed by atoms with E-state index in [4.69, 9.17) is 9.47 Å². The number of hydrogen-bond acceptors (Lipinski definition) is 4. The summed E-state index contributed by atoms with van der Waals surface area (Å²) in [5, 5.41) is 10.0. The highest BCUT2D eigenvalue weighted by molar-refractivity contribution is 5.76. The van der Waals surface area contributed by atoms with Gasteiger partial charge in [-0.15, -0.1) is 0 Å². The number of aliphatic hydroxyl groups is 1. The summed E-state index contributed by atoms with van der Waals surface area (Å²) in [5.41, 5.74) is 1.65. The molecule has 2 aliphatic heterocycles. The molecule has 25 heavy (non-hydrogen) atoms. The summed E-state index contributed by atoms with van der Waals surface area (Å²) >= 11 is 0. The van der Waals surface area contributed by atoms with Crippen LogP contribution in [0, 0.1) is 12.8 Å². The number of benzene rings is 1. The Balaban J connectivity index is 1.65. The number of rotatable bonds is 5. The van der Waals surface area contributed by atoms with Crippen LogP contribution in [0.5, 0.6) is 0 Å². The summed E-state index contributed by atoms with van der Waals surface area (Å²) in [6, 6.07) is 8.15. The summed E-state index contributed by atoms with van der Waals surface area (Å²) in [4.78, 5) is 14.6. The van der Waals surface area contributed by atoms with Gasteiger partial charge in [0.15, 0.2) is 0 Å². The van der Waals surface area contributed by atoms with Gasteiger partial charge in [0.2, 0.25) is 5.91 Å². The van der Waals surface area contributed by atoms with Crippen LogP contribution in [0.4, 0.5) is 0 Å². The van der Waals surface area contributed by atoms with Crippen LogP contribution in [0.1, 0.15) is 30.4 Å². The van der Waals surface area contributed by atoms with Crippen molar-refractivity contribution in [3.05, 3.63) is 35.4 Å². The Kier molecular flexibility index (Phi) is 6.10. The third kappa shape index (κ3) is 4.60. The molecule has 2 fully saturated rings. The molecule has 5 nitrogen and oxygen atoms in total. The molecular formula is C20H29NO4. The minimum absolute atomic E-state index is 0.0810. The van der Waals surface area contributed by atoms with E-state index in [1.165, 1.54) is 5.56 Å². The minimum Gasteiger partial charge on any atom is -0.393 e. The maximum atomic E-state index is 12.7. The van der Waals surface area contributed by atoms with Crippen LogP contribution in [0.25, 0.3) is 0 Å². The molecule has 1 atom stereocenters. The molecule has 1 unspecified atom stereocenters. The fourth-order valence-electron chi connectivity index (χ4n) is 3.80. The van der Waals surface area contributed by atoms with E-state index in [2.05, 4.69) is 19.1 Å². The Hall–Kier alpha value is -1.43. The van der Waals surface area contributed by atoms with Crippen molar-refractivity contribution in [3.8, 4) is 0 Å². The van der Waals surface area contributed by atoms with E-state index in [0.29, 0.717) is 38.5 Å². The number of carbonyl (C=O) groups is 1. The molecular weight excluding hydrogens is 318 g/mol. The van der Waals surface area contributed by atoms with Crippen molar-refractivity contribution in [1.29, 1.82) is 0 Å². The second-order valence-corrected chi connectivity index (χ2v) is 7.37. The van der Waals surface area contributed by atoms with Crippen LogP contribution < -0.4 is 0 Å². The molecule has 0 spiro atoms. The lowest BCUT2D eigenvalue weighted by Crippen LogP contribution is -2.57. The second kappa shape index (κ2) is 8.30. The molecule has 0 aromatic heterocycles. The first-order valence-electron chi connectivity index (χ1n) is 9.27. The van der Waals surface area contributed by atoms with E-state index >= 15 is 0 Å². The Morgan fingerprint density at radius 3 is 2.76 bits per heavy atom. The zero-order valence-electron chi connectivity index (χ0n) is 15.1. The van der Waals surface area contributed by atoms with Gasteiger partial charge in [-0.2, -0.15) is 0 Å². The molecule has 0 aliphatic carbocycles. The van der Waals surface area contributed by atoms with Crippen LogP contribution in [0.3, 0.4) is 0 Å². The molecule has 5 heteroatoms. The van der Waals surface area contributed by atoms with E-state index in [1.807, 2.05) is 17.0 Å². The van der Waals surface area contributed by atoms with E-state index in [0.717, 1.165) is 31.6 Å². The molecule has 0 saturated carbocycles. The number of nitrogens with zero attached hydrogens (tertiary/aromatic N) is 1. The number of amides is 1. The van der Waals surface area contributed by atoms with E-state index in [-0.39, 0.29) is 12.5 Å². The van der Waals surface area contributed by atoms with Crippen molar-refractivity contribution in [2.45, 2.75) is 38.2 Å². The van der Waals surface area contributed by atoms with Gasteiger partial charge in [0.05, 0.1) is 19.8 Å². The maximum Gasteiger partial charge on any atom is 0.223 e. The van der Waals surface area contributed by atoms with E-state index in [1.54, 1.807) is 0 Å². The molecule has 0 bridgehead atoms. The highest BCUT2D eigenvalue weighted by atomic mass is 16.5. The quantitative estimate of drug-likeness (QED) is 0.884. The van der Waals surface area contributed by atoms with Crippen LogP contribution in [-0.2, 0) is 20.7 Å². The van der Waals surface area contributed by atoms with Crippen molar-refractivity contribution in [2.24, 2.45) is 5.92 Å². The SMILES string of the molecule is Cc1ccccc1CC1(CO)CN(C(=O)CC2CCOCC2)CCO1. The first kappa shape index (κ1) is 18.4. The largest absolute Gasteiger partial charge is 0.393 e. The lowest BCUT2D eigenvalue weighted by atomic mass is 9.90. The summed E-state index contributed by atoms with van der Waals surface area (Å²) in [6.45, 7) is 5.05. The fraction of sp³-hybridized carbons (Fsp3) is 0.650. The number of aryl methyl sites for hydroxylation is 1. The maximum absolute atomic E-state index is 12.7. The molecule has 138 valence electrons. The molecule has 3 rings (SSSR count). The van der Waals surface area contributed by atoms with Crippen LogP contribution in [-0.4, -0.2) is 61.0 Å². The minimum atomic E-state index is -0.699. The van der Waals surface area contributed by atoms with Crippen molar-refractivity contribution >= 4 is 5.91 Å². The fourth-order valence-corrected chi connectivity index (χ4v) is 3.80. The normalized spacial score (nSPS) is 25.1. The molecule has 1 aromatic rings. The van der Waals surface area contributed by atoms with Gasteiger partial charge < -0.3 is 19.5 Å². The third-order valence-electron chi connectivity index (χ3n) is 5.47.